The molecule has 3 amide bonds. The highest BCUT2D eigenvalue weighted by Crippen LogP contribution is 2.29. The van der Waals surface area contributed by atoms with Crippen molar-refractivity contribution >= 4 is 17.9 Å². The molecule has 8 nitrogen and oxygen atoms in total. The maximum atomic E-state index is 13.1. The van der Waals surface area contributed by atoms with Crippen molar-refractivity contribution in [3.8, 4) is 5.75 Å². The number of carbonyl (C=O) groups is 3. The number of phenolic OH excluding ortho intramolecular Hbond substituents is 1. The predicted molar refractivity (Wildman–Crippen MR) is 120 cm³/mol. The van der Waals surface area contributed by atoms with Crippen molar-refractivity contribution in [2.75, 3.05) is 19.6 Å². The first-order valence-electron chi connectivity index (χ1n) is 10.9. The van der Waals surface area contributed by atoms with E-state index < -0.39 is 23.6 Å². The largest absolute Gasteiger partial charge is 0.508 e. The quantitative estimate of drug-likeness (QED) is 0.461. The molecule has 3 N–H and O–H groups in total. The van der Waals surface area contributed by atoms with Gasteiger partial charge in [-0.05, 0) is 39.7 Å². The highest BCUT2D eigenvalue weighted by atomic mass is 16.6. The minimum Gasteiger partial charge on any atom is -0.508 e. The zero-order valence-electron chi connectivity index (χ0n) is 19.4. The molecular formula is C23H37N3O5. The molecule has 0 aliphatic carbocycles. The van der Waals surface area contributed by atoms with Crippen LogP contribution in [0.1, 0.15) is 71.9 Å². The number of alkyl carbamates (subject to hydrolysis) is 1. The van der Waals surface area contributed by atoms with Gasteiger partial charge in [-0.15, -0.1) is 0 Å². The summed E-state index contributed by atoms with van der Waals surface area (Å²) < 4.78 is 5.19. The molecule has 1 aromatic rings. The van der Waals surface area contributed by atoms with Crippen molar-refractivity contribution in [3.63, 3.8) is 0 Å². The van der Waals surface area contributed by atoms with E-state index in [1.807, 2.05) is 13.8 Å². The van der Waals surface area contributed by atoms with E-state index in [2.05, 4.69) is 10.6 Å². The van der Waals surface area contributed by atoms with Crippen molar-refractivity contribution in [1.29, 1.82) is 0 Å². The number of unbranched alkanes of at least 4 members (excludes halogenated alkanes) is 2. The van der Waals surface area contributed by atoms with Crippen LogP contribution in [0.15, 0.2) is 24.3 Å². The van der Waals surface area contributed by atoms with Crippen LogP contribution in [0.5, 0.6) is 5.75 Å². The molecule has 0 aromatic heterocycles. The van der Waals surface area contributed by atoms with E-state index in [0.29, 0.717) is 25.1 Å². The fourth-order valence-corrected chi connectivity index (χ4v) is 2.94. The fourth-order valence-electron chi connectivity index (χ4n) is 2.94. The van der Waals surface area contributed by atoms with Gasteiger partial charge < -0.3 is 25.4 Å². The number of para-hydroxylation sites is 1. The summed E-state index contributed by atoms with van der Waals surface area (Å²) in [7, 11) is 0. The van der Waals surface area contributed by atoms with Gasteiger partial charge in [0.1, 0.15) is 23.9 Å². The van der Waals surface area contributed by atoms with Crippen molar-refractivity contribution < 1.29 is 24.2 Å². The Morgan fingerprint density at radius 2 is 1.71 bits per heavy atom. The fraction of sp³-hybridized carbons (Fsp3) is 0.609. The lowest BCUT2D eigenvalue weighted by atomic mass is 10.0. The summed E-state index contributed by atoms with van der Waals surface area (Å²) in [5.41, 5.74) is -0.342. The zero-order chi connectivity index (χ0) is 23.4. The van der Waals surface area contributed by atoms with Crippen LogP contribution in [-0.2, 0) is 14.3 Å². The Morgan fingerprint density at radius 3 is 2.29 bits per heavy atom. The average Bonchev–Trinajstić information content (AvgIpc) is 2.69. The summed E-state index contributed by atoms with van der Waals surface area (Å²) in [5.74, 6) is -0.859. The van der Waals surface area contributed by atoms with E-state index in [1.165, 1.54) is 11.0 Å². The van der Waals surface area contributed by atoms with Crippen LogP contribution in [0.3, 0.4) is 0 Å². The van der Waals surface area contributed by atoms with Crippen molar-refractivity contribution in [2.45, 2.75) is 71.9 Å². The van der Waals surface area contributed by atoms with Gasteiger partial charge in [-0.2, -0.15) is 0 Å². The Hall–Kier alpha value is -2.77. The number of nitrogens with zero attached hydrogens (tertiary/aromatic N) is 1. The van der Waals surface area contributed by atoms with Crippen LogP contribution >= 0.6 is 0 Å². The van der Waals surface area contributed by atoms with Gasteiger partial charge in [-0.25, -0.2) is 4.79 Å². The molecular weight excluding hydrogens is 398 g/mol. The van der Waals surface area contributed by atoms with Crippen molar-refractivity contribution in [1.82, 2.24) is 15.5 Å². The molecule has 0 saturated heterocycles. The van der Waals surface area contributed by atoms with E-state index in [-0.39, 0.29) is 18.2 Å². The number of amides is 3. The molecule has 8 heteroatoms. The van der Waals surface area contributed by atoms with Gasteiger partial charge in [0.2, 0.25) is 11.8 Å². The molecule has 31 heavy (non-hydrogen) atoms. The number of aromatic hydroxyl groups is 1. The Bertz CT molecular complexity index is 730. The van der Waals surface area contributed by atoms with Crippen LogP contribution in [0.25, 0.3) is 0 Å². The van der Waals surface area contributed by atoms with Crippen LogP contribution in [0.2, 0.25) is 0 Å². The molecule has 1 atom stereocenters. The van der Waals surface area contributed by atoms with Gasteiger partial charge >= 0.3 is 6.09 Å². The molecule has 0 heterocycles. The number of rotatable bonds is 11. The summed E-state index contributed by atoms with van der Waals surface area (Å²) in [6.07, 6.45) is 2.50. The van der Waals surface area contributed by atoms with E-state index in [4.69, 9.17) is 4.74 Å². The number of hydrogen-bond donors (Lipinski definition) is 3. The van der Waals surface area contributed by atoms with Gasteiger partial charge in [0.15, 0.2) is 0 Å². The van der Waals surface area contributed by atoms with Crippen molar-refractivity contribution in [2.24, 2.45) is 0 Å². The summed E-state index contributed by atoms with van der Waals surface area (Å²) in [6, 6.07) is 5.49. The van der Waals surface area contributed by atoms with Crippen LogP contribution in [0, 0.1) is 0 Å². The number of phenols is 1. The molecule has 0 spiro atoms. The zero-order valence-corrected chi connectivity index (χ0v) is 19.4. The minimum absolute atomic E-state index is 0.0625. The number of ether oxygens (including phenoxy) is 1. The molecule has 1 rings (SSSR count). The summed E-state index contributed by atoms with van der Waals surface area (Å²) in [4.78, 5) is 39.5. The average molecular weight is 436 g/mol. The second-order valence-corrected chi connectivity index (χ2v) is 8.40. The summed E-state index contributed by atoms with van der Waals surface area (Å²) in [5, 5.41) is 15.7. The minimum atomic E-state index is -1.00. The smallest absolute Gasteiger partial charge is 0.408 e. The lowest BCUT2D eigenvalue weighted by molar-refractivity contribution is -0.140. The van der Waals surface area contributed by atoms with E-state index in [1.54, 1.807) is 39.0 Å². The summed E-state index contributed by atoms with van der Waals surface area (Å²) in [6.45, 7) is 9.68. The van der Waals surface area contributed by atoms with Gasteiger partial charge in [-0.1, -0.05) is 44.9 Å². The topological polar surface area (TPSA) is 108 Å². The Balaban J connectivity index is 3.12. The third-order valence-electron chi connectivity index (χ3n) is 4.48. The number of hydrogen-bond acceptors (Lipinski definition) is 5. The third-order valence-corrected chi connectivity index (χ3v) is 4.48. The van der Waals surface area contributed by atoms with Crippen LogP contribution in [-0.4, -0.2) is 53.1 Å². The number of carbonyl (C=O) groups excluding carboxylic acids is 3. The third kappa shape index (κ3) is 9.27. The lowest BCUT2D eigenvalue weighted by Crippen LogP contribution is -2.48. The number of benzene rings is 1. The van der Waals surface area contributed by atoms with E-state index in [0.717, 1.165) is 19.3 Å². The Labute approximate surface area is 185 Å². The first-order chi connectivity index (χ1) is 14.6. The highest BCUT2D eigenvalue weighted by Gasteiger charge is 2.33. The van der Waals surface area contributed by atoms with E-state index >= 15 is 0 Å². The second kappa shape index (κ2) is 12.8. The van der Waals surface area contributed by atoms with Crippen molar-refractivity contribution in [3.05, 3.63) is 29.8 Å². The highest BCUT2D eigenvalue weighted by molar-refractivity contribution is 5.90. The van der Waals surface area contributed by atoms with Gasteiger partial charge in [0.25, 0.3) is 0 Å². The first kappa shape index (κ1) is 26.3. The molecule has 174 valence electrons. The van der Waals surface area contributed by atoms with Gasteiger partial charge in [-0.3, -0.25) is 9.59 Å². The van der Waals surface area contributed by atoms with Gasteiger partial charge in [0.05, 0.1) is 0 Å². The maximum absolute atomic E-state index is 13.1. The molecule has 0 fully saturated rings. The van der Waals surface area contributed by atoms with E-state index in [9.17, 15) is 19.5 Å². The molecule has 0 saturated carbocycles. The SMILES string of the molecule is CCCCNC(=O)C(c1ccccc1O)N(CCCC)C(=O)CNC(=O)OC(C)(C)C. The molecule has 0 bridgehead atoms. The molecule has 1 aromatic carbocycles. The monoisotopic (exact) mass is 435 g/mol. The standard InChI is InChI=1S/C23H37N3O5/c1-6-8-14-24-21(29)20(17-12-10-11-13-18(17)27)26(15-9-7-2)19(28)16-25-22(30)31-23(3,4)5/h10-13,20,27H,6-9,14-16H2,1-5H3,(H,24,29)(H,25,30). The predicted octanol–water partition coefficient (Wildman–Crippen LogP) is 3.50. The Morgan fingerprint density at radius 1 is 1.06 bits per heavy atom. The molecule has 0 aliphatic rings. The summed E-state index contributed by atoms with van der Waals surface area (Å²) >= 11 is 0. The van der Waals surface area contributed by atoms with Crippen LogP contribution in [0.4, 0.5) is 4.79 Å². The molecule has 1 unspecified atom stereocenters. The normalized spacial score (nSPS) is 12.0. The number of nitrogens with one attached hydrogen (secondary N) is 2. The Kier molecular flexibility index (Phi) is 10.9. The second-order valence-electron chi connectivity index (χ2n) is 8.40. The first-order valence-corrected chi connectivity index (χ1v) is 10.9. The maximum Gasteiger partial charge on any atom is 0.408 e. The van der Waals surface area contributed by atoms with Crippen LogP contribution < -0.4 is 10.6 Å². The lowest BCUT2D eigenvalue weighted by Gasteiger charge is -2.32. The van der Waals surface area contributed by atoms with Gasteiger partial charge in [0, 0.05) is 18.7 Å². The molecule has 0 radical (unpaired) electrons. The molecule has 0 aliphatic heterocycles.